The second-order valence-corrected chi connectivity index (χ2v) is 2.97. The molecule has 0 saturated heterocycles. The molecule has 2 atom stereocenters. The zero-order valence-corrected chi connectivity index (χ0v) is 6.93. The van der Waals surface area contributed by atoms with Gasteiger partial charge < -0.3 is 5.11 Å². The van der Waals surface area contributed by atoms with E-state index in [1.54, 1.807) is 0 Å². The molecule has 0 aromatic carbocycles. The summed E-state index contributed by atoms with van der Waals surface area (Å²) in [7, 11) is 0. The van der Waals surface area contributed by atoms with Crippen molar-refractivity contribution in [1.29, 1.82) is 0 Å². The Morgan fingerprint density at radius 2 is 2.00 bits per heavy atom. The molecule has 0 aromatic heterocycles. The lowest BCUT2D eigenvalue weighted by atomic mass is 9.99. The van der Waals surface area contributed by atoms with Crippen LogP contribution in [0.1, 0.15) is 25.7 Å². The van der Waals surface area contributed by atoms with Gasteiger partial charge in [0.05, 0.1) is 12.1 Å². The Kier molecular flexibility index (Phi) is 3.64. The molecular weight excluding hydrogens is 154 g/mol. The third kappa shape index (κ3) is 2.57. The van der Waals surface area contributed by atoms with Gasteiger partial charge in [0.25, 0.3) is 0 Å². The van der Waals surface area contributed by atoms with Crippen molar-refractivity contribution in [3.63, 3.8) is 0 Å². The standard InChI is InChI=1S/C8H13N3O/c9-11-10-7-5-3-1-2-4-6-8(7)12/h1-2,7-8,12H,3-6H2/t7-,8-/m1/s1. The molecule has 0 aromatic rings. The summed E-state index contributed by atoms with van der Waals surface area (Å²) in [5.41, 5.74) is 8.23. The fourth-order valence-electron chi connectivity index (χ4n) is 1.36. The van der Waals surface area contributed by atoms with Gasteiger partial charge in [-0.2, -0.15) is 0 Å². The van der Waals surface area contributed by atoms with Crippen LogP contribution in [-0.4, -0.2) is 17.3 Å². The molecule has 4 heteroatoms. The second kappa shape index (κ2) is 4.80. The van der Waals surface area contributed by atoms with Gasteiger partial charge in [0, 0.05) is 4.91 Å². The van der Waals surface area contributed by atoms with Gasteiger partial charge in [0.1, 0.15) is 0 Å². The van der Waals surface area contributed by atoms with Crippen molar-refractivity contribution in [2.45, 2.75) is 37.8 Å². The fourth-order valence-corrected chi connectivity index (χ4v) is 1.36. The fraction of sp³-hybridized carbons (Fsp3) is 0.750. The SMILES string of the molecule is [N-]=[N+]=N[C@@H]1CCC=CCC[C@H]1O. The largest absolute Gasteiger partial charge is 0.393 e. The molecule has 0 fully saturated rings. The van der Waals surface area contributed by atoms with Crippen LogP contribution >= 0.6 is 0 Å². The summed E-state index contributed by atoms with van der Waals surface area (Å²) in [6.07, 6.45) is 6.88. The third-order valence-corrected chi connectivity index (χ3v) is 2.07. The summed E-state index contributed by atoms with van der Waals surface area (Å²) in [6.45, 7) is 0. The van der Waals surface area contributed by atoms with Gasteiger partial charge in [-0.05, 0) is 31.2 Å². The van der Waals surface area contributed by atoms with Crippen molar-refractivity contribution in [1.82, 2.24) is 0 Å². The Morgan fingerprint density at radius 1 is 1.33 bits per heavy atom. The predicted molar refractivity (Wildman–Crippen MR) is 46.5 cm³/mol. The minimum atomic E-state index is -0.467. The molecule has 0 aliphatic heterocycles. The van der Waals surface area contributed by atoms with Crippen LogP contribution in [0.3, 0.4) is 0 Å². The zero-order chi connectivity index (χ0) is 8.81. The molecule has 0 radical (unpaired) electrons. The van der Waals surface area contributed by atoms with Crippen molar-refractivity contribution in [2.75, 3.05) is 0 Å². The Balaban J connectivity index is 2.57. The first-order valence-corrected chi connectivity index (χ1v) is 4.22. The summed E-state index contributed by atoms with van der Waals surface area (Å²) in [6, 6.07) is -0.236. The van der Waals surface area contributed by atoms with Crippen molar-refractivity contribution in [3.05, 3.63) is 22.6 Å². The van der Waals surface area contributed by atoms with E-state index in [0.717, 1.165) is 19.3 Å². The first kappa shape index (κ1) is 9.10. The highest BCUT2D eigenvalue weighted by Gasteiger charge is 2.17. The molecule has 0 heterocycles. The van der Waals surface area contributed by atoms with E-state index in [0.29, 0.717) is 6.42 Å². The van der Waals surface area contributed by atoms with Gasteiger partial charge in [-0.25, -0.2) is 0 Å². The van der Waals surface area contributed by atoms with Crippen LogP contribution in [0.2, 0.25) is 0 Å². The molecular formula is C8H13N3O. The van der Waals surface area contributed by atoms with Crippen LogP contribution in [0.15, 0.2) is 17.3 Å². The van der Waals surface area contributed by atoms with Crippen LogP contribution in [-0.2, 0) is 0 Å². The highest BCUT2D eigenvalue weighted by atomic mass is 16.3. The molecule has 12 heavy (non-hydrogen) atoms. The smallest absolute Gasteiger partial charge is 0.0636 e. The summed E-state index contributed by atoms with van der Waals surface area (Å²) < 4.78 is 0. The summed E-state index contributed by atoms with van der Waals surface area (Å²) in [5.74, 6) is 0. The second-order valence-electron chi connectivity index (χ2n) is 2.97. The van der Waals surface area contributed by atoms with E-state index in [9.17, 15) is 5.11 Å². The van der Waals surface area contributed by atoms with Gasteiger partial charge in [0.15, 0.2) is 0 Å². The average molecular weight is 167 g/mol. The Labute approximate surface area is 71.5 Å². The lowest BCUT2D eigenvalue weighted by molar-refractivity contribution is 0.131. The highest BCUT2D eigenvalue weighted by molar-refractivity contribution is 4.90. The summed E-state index contributed by atoms with van der Waals surface area (Å²) in [5, 5.41) is 13.1. The molecule has 0 amide bonds. The molecule has 0 spiro atoms. The lowest BCUT2D eigenvalue weighted by Crippen LogP contribution is -2.24. The van der Waals surface area contributed by atoms with Crippen LogP contribution in [0, 0.1) is 0 Å². The lowest BCUT2D eigenvalue weighted by Gasteiger charge is -2.18. The minimum Gasteiger partial charge on any atom is -0.393 e. The molecule has 0 saturated carbocycles. The molecule has 1 aliphatic carbocycles. The van der Waals surface area contributed by atoms with Crippen molar-refractivity contribution in [2.24, 2.45) is 5.11 Å². The average Bonchev–Trinajstić information content (AvgIpc) is 2.05. The number of aliphatic hydroxyl groups is 1. The molecule has 0 bridgehead atoms. The van der Waals surface area contributed by atoms with Gasteiger partial charge in [-0.15, -0.1) is 0 Å². The Bertz CT molecular complexity index is 208. The van der Waals surface area contributed by atoms with Gasteiger partial charge in [-0.1, -0.05) is 17.3 Å². The van der Waals surface area contributed by atoms with Gasteiger partial charge in [-0.3, -0.25) is 0 Å². The molecule has 4 nitrogen and oxygen atoms in total. The van der Waals surface area contributed by atoms with Crippen LogP contribution in [0.5, 0.6) is 0 Å². The maximum Gasteiger partial charge on any atom is 0.0636 e. The number of azide groups is 1. The van der Waals surface area contributed by atoms with Crippen LogP contribution in [0.25, 0.3) is 10.4 Å². The number of nitrogens with zero attached hydrogens (tertiary/aromatic N) is 3. The van der Waals surface area contributed by atoms with E-state index < -0.39 is 6.10 Å². The number of allylic oxidation sites excluding steroid dienone is 2. The highest BCUT2D eigenvalue weighted by Crippen LogP contribution is 2.16. The van der Waals surface area contributed by atoms with E-state index >= 15 is 0 Å². The summed E-state index contributed by atoms with van der Waals surface area (Å²) >= 11 is 0. The van der Waals surface area contributed by atoms with E-state index in [1.165, 1.54) is 0 Å². The summed E-state index contributed by atoms with van der Waals surface area (Å²) in [4.78, 5) is 2.72. The van der Waals surface area contributed by atoms with E-state index in [-0.39, 0.29) is 6.04 Å². The van der Waals surface area contributed by atoms with E-state index in [1.807, 2.05) is 0 Å². The minimum absolute atomic E-state index is 0.236. The molecule has 1 N–H and O–H groups in total. The van der Waals surface area contributed by atoms with Crippen LogP contribution < -0.4 is 0 Å². The maximum absolute atomic E-state index is 9.51. The van der Waals surface area contributed by atoms with E-state index in [4.69, 9.17) is 5.53 Å². The molecule has 1 aliphatic rings. The van der Waals surface area contributed by atoms with E-state index in [2.05, 4.69) is 22.2 Å². The number of hydrogen-bond acceptors (Lipinski definition) is 2. The molecule has 66 valence electrons. The Morgan fingerprint density at radius 3 is 2.67 bits per heavy atom. The topological polar surface area (TPSA) is 69.0 Å². The molecule has 1 rings (SSSR count). The Hall–Kier alpha value is -0.990. The maximum atomic E-state index is 9.51. The third-order valence-electron chi connectivity index (χ3n) is 2.07. The first-order chi connectivity index (χ1) is 5.84. The molecule has 0 unspecified atom stereocenters. The normalized spacial score (nSPS) is 30.1. The number of rotatable bonds is 1. The zero-order valence-electron chi connectivity index (χ0n) is 6.93. The van der Waals surface area contributed by atoms with Crippen molar-refractivity contribution in [3.8, 4) is 0 Å². The quantitative estimate of drug-likeness (QED) is 0.276. The van der Waals surface area contributed by atoms with Crippen LogP contribution in [0.4, 0.5) is 0 Å². The predicted octanol–water partition coefficient (Wildman–Crippen LogP) is 2.16. The van der Waals surface area contributed by atoms with Gasteiger partial charge >= 0.3 is 0 Å². The number of aliphatic hydroxyl groups excluding tert-OH is 1. The van der Waals surface area contributed by atoms with Crippen molar-refractivity contribution >= 4 is 0 Å². The number of hydrogen-bond donors (Lipinski definition) is 1. The first-order valence-electron chi connectivity index (χ1n) is 4.22. The monoisotopic (exact) mass is 167 g/mol. The van der Waals surface area contributed by atoms with Gasteiger partial charge in [0.2, 0.25) is 0 Å². The van der Waals surface area contributed by atoms with Crippen molar-refractivity contribution < 1.29 is 5.11 Å².